The molecule has 10 heteroatoms. The minimum absolute atomic E-state index is 0.0443. The van der Waals surface area contributed by atoms with Crippen LogP contribution in [0.3, 0.4) is 0 Å². The molecule has 10 nitrogen and oxygen atoms in total. The minimum Gasteiger partial charge on any atom is -0.508 e. The van der Waals surface area contributed by atoms with Gasteiger partial charge in [0.05, 0.1) is 11.6 Å². The fraction of sp³-hybridized carbons (Fsp3) is 0.367. The summed E-state index contributed by atoms with van der Waals surface area (Å²) in [6.07, 6.45) is 0.278. The van der Waals surface area contributed by atoms with E-state index in [1.807, 2.05) is 38.4 Å². The highest BCUT2D eigenvalue weighted by atomic mass is 16.3. The maximum Gasteiger partial charge on any atom is 0.255 e. The lowest BCUT2D eigenvalue weighted by atomic mass is 9.57. The van der Waals surface area contributed by atoms with Crippen molar-refractivity contribution >= 4 is 23.2 Å². The molecule has 0 saturated heterocycles. The van der Waals surface area contributed by atoms with Crippen LogP contribution in [0.5, 0.6) is 5.75 Å². The lowest BCUT2D eigenvalue weighted by Crippen LogP contribution is -2.65. The van der Waals surface area contributed by atoms with Gasteiger partial charge in [-0.25, -0.2) is 0 Å². The van der Waals surface area contributed by atoms with Crippen LogP contribution in [0.25, 0.3) is 16.9 Å². The summed E-state index contributed by atoms with van der Waals surface area (Å²) in [5, 5.41) is 44.9. The van der Waals surface area contributed by atoms with Crippen LogP contribution in [0.15, 0.2) is 53.3 Å². The van der Waals surface area contributed by atoms with Crippen LogP contribution in [0.1, 0.15) is 23.1 Å². The Kier molecular flexibility index (Phi) is 6.60. The number of phenols is 1. The molecular formula is C30H33N3O7. The van der Waals surface area contributed by atoms with Gasteiger partial charge in [0.1, 0.15) is 22.8 Å². The second-order valence-corrected chi connectivity index (χ2v) is 11.4. The number of nitrogens with two attached hydrogens (primary N) is 1. The van der Waals surface area contributed by atoms with E-state index in [2.05, 4.69) is 4.90 Å². The van der Waals surface area contributed by atoms with Gasteiger partial charge in [-0.15, -0.1) is 0 Å². The van der Waals surface area contributed by atoms with Crippen molar-refractivity contribution in [3.8, 4) is 16.9 Å². The lowest BCUT2D eigenvalue weighted by Gasteiger charge is -2.50. The molecule has 3 aliphatic rings. The van der Waals surface area contributed by atoms with Crippen molar-refractivity contribution in [3.63, 3.8) is 0 Å². The van der Waals surface area contributed by atoms with Gasteiger partial charge < -0.3 is 31.1 Å². The highest BCUT2D eigenvalue weighted by Crippen LogP contribution is 2.53. The van der Waals surface area contributed by atoms with E-state index < -0.39 is 58.0 Å². The van der Waals surface area contributed by atoms with Crippen LogP contribution in [0, 0.1) is 11.8 Å². The number of ketones is 2. The molecule has 0 heterocycles. The summed E-state index contributed by atoms with van der Waals surface area (Å²) in [4.78, 5) is 42.8. The molecular weight excluding hydrogens is 514 g/mol. The number of phenolic OH excluding ortho intramolecular Hbond substituents is 1. The lowest BCUT2D eigenvalue weighted by molar-refractivity contribution is -0.153. The predicted molar refractivity (Wildman–Crippen MR) is 147 cm³/mol. The summed E-state index contributed by atoms with van der Waals surface area (Å²) in [5.74, 6) is -6.64. The topological polar surface area (TPSA) is 165 Å². The van der Waals surface area contributed by atoms with Crippen LogP contribution in [0.4, 0.5) is 0 Å². The first-order valence-electron chi connectivity index (χ1n) is 13.0. The number of aromatic hydroxyl groups is 1. The number of Topliss-reactive ketones (excluding diaryl/α,β-unsaturated/α-hetero) is 2. The average molecular weight is 548 g/mol. The summed E-state index contributed by atoms with van der Waals surface area (Å²) in [6.45, 7) is 0.764. The quantitative estimate of drug-likeness (QED) is 0.350. The van der Waals surface area contributed by atoms with Crippen molar-refractivity contribution in [2.45, 2.75) is 31.0 Å². The number of nitrogens with zero attached hydrogens (tertiary/aromatic N) is 2. The van der Waals surface area contributed by atoms with E-state index in [1.54, 1.807) is 20.2 Å². The van der Waals surface area contributed by atoms with Crippen molar-refractivity contribution in [1.29, 1.82) is 0 Å². The third kappa shape index (κ3) is 3.94. The summed E-state index contributed by atoms with van der Waals surface area (Å²) in [5.41, 5.74) is 5.17. The van der Waals surface area contributed by atoms with Gasteiger partial charge in [-0.1, -0.05) is 30.3 Å². The van der Waals surface area contributed by atoms with Crippen molar-refractivity contribution < 1.29 is 34.8 Å². The smallest absolute Gasteiger partial charge is 0.255 e. The van der Waals surface area contributed by atoms with E-state index in [-0.39, 0.29) is 29.7 Å². The summed E-state index contributed by atoms with van der Waals surface area (Å²) in [7, 11) is 7.11. The van der Waals surface area contributed by atoms with E-state index in [1.165, 1.54) is 11.0 Å². The number of hydrogen-bond acceptors (Lipinski definition) is 9. The molecule has 210 valence electrons. The number of benzene rings is 2. The Morgan fingerprint density at radius 2 is 1.68 bits per heavy atom. The number of likely N-dealkylation sites (N-methyl/N-ethyl adjacent to an activating group) is 1. The third-order valence-corrected chi connectivity index (χ3v) is 8.37. The Bertz CT molecular complexity index is 1510. The third-order valence-electron chi connectivity index (χ3n) is 8.37. The number of aliphatic hydroxyl groups is 3. The Hall–Kier alpha value is -3.99. The van der Waals surface area contributed by atoms with Crippen molar-refractivity contribution in [2.75, 3.05) is 28.2 Å². The summed E-state index contributed by atoms with van der Waals surface area (Å²) >= 11 is 0. The molecule has 6 N–H and O–H groups in total. The molecule has 1 unspecified atom stereocenters. The number of amides is 1. The Morgan fingerprint density at radius 3 is 2.25 bits per heavy atom. The molecule has 2 aromatic rings. The zero-order chi connectivity index (χ0) is 29.3. The summed E-state index contributed by atoms with van der Waals surface area (Å²) < 4.78 is 0. The molecule has 0 aliphatic heterocycles. The molecule has 2 aromatic carbocycles. The zero-order valence-electron chi connectivity index (χ0n) is 22.8. The van der Waals surface area contributed by atoms with E-state index >= 15 is 0 Å². The first-order valence-corrected chi connectivity index (χ1v) is 13.0. The van der Waals surface area contributed by atoms with E-state index in [9.17, 15) is 34.8 Å². The normalized spacial score (nSPS) is 26.2. The Labute approximate surface area is 231 Å². The van der Waals surface area contributed by atoms with Gasteiger partial charge in [0.25, 0.3) is 5.91 Å². The molecule has 0 spiro atoms. The Balaban J connectivity index is 1.67. The van der Waals surface area contributed by atoms with E-state index in [0.29, 0.717) is 5.56 Å². The molecule has 1 amide bonds. The van der Waals surface area contributed by atoms with Gasteiger partial charge in [0.2, 0.25) is 5.78 Å². The molecule has 5 rings (SSSR count). The number of carbonyl (C=O) groups is 3. The number of hydrogen-bond donors (Lipinski definition) is 5. The van der Waals surface area contributed by atoms with Gasteiger partial charge in [-0.3, -0.25) is 19.3 Å². The molecule has 1 saturated carbocycles. The number of aliphatic hydroxyl groups excluding tert-OH is 2. The monoisotopic (exact) mass is 547 g/mol. The standard InChI is InChI=1S/C30H33N3O7/c1-32(2)13-14-5-7-15(8-6-14)17-9-10-20(34)22-18(17)11-16-12-19-24(33(3)4)26(36)23(29(31)39)28(38)30(19,40)27(37)21(16)25(22)35/h5-10,16,19,24,34-35,38,40H,11-13H2,1-4H3,(H2,31,39)/t16-,19-,24?,30+/m1/s1. The molecule has 40 heavy (non-hydrogen) atoms. The van der Waals surface area contributed by atoms with E-state index in [0.717, 1.165) is 23.2 Å². The maximum absolute atomic E-state index is 14.0. The second-order valence-electron chi connectivity index (χ2n) is 11.4. The largest absolute Gasteiger partial charge is 0.508 e. The highest BCUT2D eigenvalue weighted by molar-refractivity contribution is 6.24. The second kappa shape index (κ2) is 9.58. The maximum atomic E-state index is 14.0. The molecule has 3 aliphatic carbocycles. The fourth-order valence-electron chi connectivity index (χ4n) is 6.67. The number of carbonyl (C=O) groups excluding carboxylic acids is 3. The van der Waals surface area contributed by atoms with Crippen molar-refractivity contribution in [1.82, 2.24) is 9.80 Å². The van der Waals surface area contributed by atoms with E-state index in [4.69, 9.17) is 5.73 Å². The minimum atomic E-state index is -2.65. The first-order chi connectivity index (χ1) is 18.8. The predicted octanol–water partition coefficient (Wildman–Crippen LogP) is 1.69. The zero-order valence-corrected chi connectivity index (χ0v) is 22.8. The van der Waals surface area contributed by atoms with Gasteiger partial charge in [-0.05, 0) is 75.3 Å². The molecule has 1 fully saturated rings. The van der Waals surface area contributed by atoms with Crippen LogP contribution in [-0.4, -0.2) is 87.5 Å². The molecule has 0 aromatic heterocycles. The van der Waals surface area contributed by atoms with Crippen LogP contribution in [-0.2, 0) is 27.3 Å². The average Bonchev–Trinajstić information content (AvgIpc) is 2.86. The van der Waals surface area contributed by atoms with Gasteiger partial charge in [0, 0.05) is 18.0 Å². The number of primary amides is 1. The van der Waals surface area contributed by atoms with Crippen LogP contribution < -0.4 is 5.73 Å². The van der Waals surface area contributed by atoms with Crippen molar-refractivity contribution in [3.05, 3.63) is 70.0 Å². The Morgan fingerprint density at radius 1 is 1.02 bits per heavy atom. The summed E-state index contributed by atoms with van der Waals surface area (Å²) in [6, 6.07) is 10.0. The van der Waals surface area contributed by atoms with Gasteiger partial charge in [-0.2, -0.15) is 0 Å². The highest BCUT2D eigenvalue weighted by Gasteiger charge is 2.64. The molecule has 0 radical (unpaired) electrons. The first kappa shape index (κ1) is 27.6. The van der Waals surface area contributed by atoms with Crippen molar-refractivity contribution in [2.24, 2.45) is 17.6 Å². The van der Waals surface area contributed by atoms with Crippen LogP contribution >= 0.6 is 0 Å². The molecule has 0 bridgehead atoms. The molecule has 4 atom stereocenters. The van der Waals surface area contributed by atoms with Gasteiger partial charge >= 0.3 is 0 Å². The SMILES string of the molecule is CN(C)Cc1ccc(-c2ccc(O)c3c2C[C@@H]2C[C@@H]4C(N(C)C)C(=O)C(C(N)=O)=C(O)[C@@]4(O)C(=O)C2=C3O)cc1. The van der Waals surface area contributed by atoms with Crippen LogP contribution in [0.2, 0.25) is 0 Å². The van der Waals surface area contributed by atoms with Gasteiger partial charge in [0.15, 0.2) is 11.4 Å². The number of fused-ring (bicyclic) bond motifs is 3. The fourth-order valence-corrected chi connectivity index (χ4v) is 6.67. The number of rotatable bonds is 5.